The highest BCUT2D eigenvalue weighted by molar-refractivity contribution is 6.62. The zero-order valence-electron chi connectivity index (χ0n) is 6.03. The van der Waals surface area contributed by atoms with Gasteiger partial charge >= 0.3 is 7.12 Å². The number of halogens is 1. The Bertz CT molecular complexity index is 335. The van der Waals surface area contributed by atoms with Gasteiger partial charge in [0.2, 0.25) is 0 Å². The molecule has 0 saturated heterocycles. The van der Waals surface area contributed by atoms with Crippen molar-refractivity contribution < 1.29 is 10.0 Å². The van der Waals surface area contributed by atoms with Crippen molar-refractivity contribution >= 4 is 24.2 Å². The summed E-state index contributed by atoms with van der Waals surface area (Å²) < 4.78 is 0. The second-order valence-corrected chi connectivity index (χ2v) is 2.63. The highest BCUT2D eigenvalue weighted by Gasteiger charge is 2.15. The number of hydrogen-bond acceptors (Lipinski definition) is 3. The molecule has 0 bridgehead atoms. The van der Waals surface area contributed by atoms with Gasteiger partial charge in [0.15, 0.2) is 0 Å². The average molecular weight is 181 g/mol. The van der Waals surface area contributed by atoms with Gasteiger partial charge in [0.1, 0.15) is 0 Å². The van der Waals surface area contributed by atoms with Crippen LogP contribution in [0.15, 0.2) is 18.2 Å². The molecule has 0 unspecified atom stereocenters. The molecule has 1 aromatic rings. The number of nitrogens with zero attached hydrogens (tertiary/aromatic N) is 1. The van der Waals surface area contributed by atoms with Gasteiger partial charge in [-0.15, -0.1) is 0 Å². The number of nitriles is 1. The van der Waals surface area contributed by atoms with Crippen molar-refractivity contribution in [3.63, 3.8) is 0 Å². The fourth-order valence-corrected chi connectivity index (χ4v) is 1.03. The van der Waals surface area contributed by atoms with E-state index in [0.717, 1.165) is 0 Å². The molecule has 0 aliphatic rings. The van der Waals surface area contributed by atoms with Crippen molar-refractivity contribution in [2.75, 3.05) is 0 Å². The predicted molar refractivity (Wildman–Crippen MR) is 46.0 cm³/mol. The smallest absolute Gasteiger partial charge is 0.423 e. The maximum atomic E-state index is 8.79. The fourth-order valence-electron chi connectivity index (χ4n) is 0.811. The van der Waals surface area contributed by atoms with Crippen LogP contribution in [-0.4, -0.2) is 17.2 Å². The Balaban J connectivity index is 3.19. The van der Waals surface area contributed by atoms with Gasteiger partial charge in [0.05, 0.1) is 11.6 Å². The first-order chi connectivity index (χ1) is 5.65. The molecule has 0 fully saturated rings. The third kappa shape index (κ3) is 1.77. The predicted octanol–water partition coefficient (Wildman–Crippen LogP) is -0.109. The van der Waals surface area contributed by atoms with Crippen LogP contribution in [0.25, 0.3) is 0 Å². The summed E-state index contributed by atoms with van der Waals surface area (Å²) in [5, 5.41) is 26.3. The second-order valence-electron chi connectivity index (χ2n) is 2.22. The van der Waals surface area contributed by atoms with Crippen LogP contribution in [0.2, 0.25) is 5.02 Å². The van der Waals surface area contributed by atoms with Crippen LogP contribution in [0.5, 0.6) is 0 Å². The van der Waals surface area contributed by atoms with Crippen molar-refractivity contribution in [1.82, 2.24) is 0 Å². The highest BCUT2D eigenvalue weighted by Crippen LogP contribution is 2.07. The Kier molecular flexibility index (Phi) is 2.72. The molecule has 1 aromatic carbocycles. The Morgan fingerprint density at radius 2 is 2.08 bits per heavy atom. The minimum atomic E-state index is -1.63. The molecule has 3 nitrogen and oxygen atoms in total. The summed E-state index contributed by atoms with van der Waals surface area (Å²) >= 11 is 5.62. The summed E-state index contributed by atoms with van der Waals surface area (Å²) in [6, 6.07) is 6.17. The summed E-state index contributed by atoms with van der Waals surface area (Å²) in [6.07, 6.45) is 0. The van der Waals surface area contributed by atoms with E-state index in [9.17, 15) is 0 Å². The number of hydrogen-bond donors (Lipinski definition) is 2. The SMILES string of the molecule is N#Cc1ccc(Cl)c(B(O)O)c1. The van der Waals surface area contributed by atoms with Crippen molar-refractivity contribution in [2.24, 2.45) is 0 Å². The van der Waals surface area contributed by atoms with Gasteiger partial charge in [-0.2, -0.15) is 5.26 Å². The molecule has 0 aliphatic carbocycles. The lowest BCUT2D eigenvalue weighted by atomic mass is 9.79. The first-order valence-corrected chi connectivity index (χ1v) is 3.58. The Morgan fingerprint density at radius 3 is 2.58 bits per heavy atom. The summed E-state index contributed by atoms with van der Waals surface area (Å²) in [5.74, 6) is 0. The third-order valence-electron chi connectivity index (χ3n) is 1.40. The molecule has 0 aromatic heterocycles. The molecule has 0 radical (unpaired) electrons. The summed E-state index contributed by atoms with van der Waals surface area (Å²) in [7, 11) is -1.63. The zero-order chi connectivity index (χ0) is 9.14. The van der Waals surface area contributed by atoms with Gasteiger partial charge in [-0.1, -0.05) is 11.6 Å². The first-order valence-electron chi connectivity index (χ1n) is 3.21. The van der Waals surface area contributed by atoms with Crippen molar-refractivity contribution in [1.29, 1.82) is 5.26 Å². The van der Waals surface area contributed by atoms with Crippen LogP contribution in [0.3, 0.4) is 0 Å². The van der Waals surface area contributed by atoms with E-state index < -0.39 is 7.12 Å². The lowest BCUT2D eigenvalue weighted by Crippen LogP contribution is -2.30. The maximum Gasteiger partial charge on any atom is 0.490 e. The van der Waals surface area contributed by atoms with E-state index in [-0.39, 0.29) is 10.5 Å². The van der Waals surface area contributed by atoms with Crippen LogP contribution in [-0.2, 0) is 0 Å². The molecule has 0 atom stereocenters. The van der Waals surface area contributed by atoms with E-state index >= 15 is 0 Å². The topological polar surface area (TPSA) is 64.2 Å². The Morgan fingerprint density at radius 1 is 1.42 bits per heavy atom. The minimum absolute atomic E-state index is 0.149. The van der Waals surface area contributed by atoms with E-state index in [1.54, 1.807) is 0 Å². The first kappa shape index (κ1) is 9.08. The molecular formula is C7H5BClNO2. The van der Waals surface area contributed by atoms with Gasteiger partial charge in [-0.05, 0) is 18.2 Å². The summed E-state index contributed by atoms with van der Waals surface area (Å²) in [6.45, 7) is 0. The molecule has 0 aliphatic heterocycles. The van der Waals surface area contributed by atoms with Gasteiger partial charge < -0.3 is 10.0 Å². The molecule has 0 heterocycles. The van der Waals surface area contributed by atoms with E-state index in [1.807, 2.05) is 6.07 Å². The quantitative estimate of drug-likeness (QED) is 0.594. The molecule has 60 valence electrons. The van der Waals surface area contributed by atoms with E-state index in [4.69, 9.17) is 26.9 Å². The molecule has 2 N–H and O–H groups in total. The van der Waals surface area contributed by atoms with Crippen molar-refractivity contribution in [3.8, 4) is 6.07 Å². The van der Waals surface area contributed by atoms with Gasteiger partial charge in [0.25, 0.3) is 0 Å². The summed E-state index contributed by atoms with van der Waals surface area (Å²) in [5.41, 5.74) is 0.498. The van der Waals surface area contributed by atoms with Crippen LogP contribution in [0.4, 0.5) is 0 Å². The van der Waals surface area contributed by atoms with E-state index in [0.29, 0.717) is 5.56 Å². The van der Waals surface area contributed by atoms with Crippen LogP contribution < -0.4 is 5.46 Å². The standard InChI is InChI=1S/C7H5BClNO2/c9-7-2-1-5(4-10)3-6(7)8(11)12/h1-3,11-12H. The molecule has 5 heteroatoms. The highest BCUT2D eigenvalue weighted by atomic mass is 35.5. The largest absolute Gasteiger partial charge is 0.490 e. The molecular weight excluding hydrogens is 176 g/mol. The maximum absolute atomic E-state index is 8.79. The second kappa shape index (κ2) is 3.59. The van der Waals surface area contributed by atoms with Gasteiger partial charge in [0, 0.05) is 10.5 Å². The molecule has 0 amide bonds. The Hall–Kier alpha value is -1.02. The van der Waals surface area contributed by atoms with E-state index in [1.165, 1.54) is 18.2 Å². The lowest BCUT2D eigenvalue weighted by Gasteiger charge is -2.01. The lowest BCUT2D eigenvalue weighted by molar-refractivity contribution is 0.426. The van der Waals surface area contributed by atoms with Crippen LogP contribution >= 0.6 is 11.6 Å². The minimum Gasteiger partial charge on any atom is -0.423 e. The number of benzene rings is 1. The number of rotatable bonds is 1. The third-order valence-corrected chi connectivity index (χ3v) is 1.75. The fraction of sp³-hybridized carbons (Fsp3) is 0. The average Bonchev–Trinajstić information content (AvgIpc) is 2.05. The molecule has 0 spiro atoms. The zero-order valence-corrected chi connectivity index (χ0v) is 6.78. The molecule has 12 heavy (non-hydrogen) atoms. The van der Waals surface area contributed by atoms with Gasteiger partial charge in [-0.25, -0.2) is 0 Å². The van der Waals surface area contributed by atoms with Crippen molar-refractivity contribution in [3.05, 3.63) is 28.8 Å². The van der Waals surface area contributed by atoms with Crippen LogP contribution in [0, 0.1) is 11.3 Å². The normalized spacial score (nSPS) is 9.17. The molecule has 0 saturated carbocycles. The van der Waals surface area contributed by atoms with E-state index in [2.05, 4.69) is 0 Å². The molecule has 1 rings (SSSR count). The monoisotopic (exact) mass is 181 g/mol. The van der Waals surface area contributed by atoms with Crippen LogP contribution in [0.1, 0.15) is 5.56 Å². The Labute approximate surface area is 75.0 Å². The van der Waals surface area contributed by atoms with Crippen molar-refractivity contribution in [2.45, 2.75) is 0 Å². The summed E-state index contributed by atoms with van der Waals surface area (Å²) in [4.78, 5) is 0. The van der Waals surface area contributed by atoms with Gasteiger partial charge in [-0.3, -0.25) is 0 Å².